The first kappa shape index (κ1) is 17.2. The Morgan fingerprint density at radius 2 is 2.19 bits per heavy atom. The molecule has 0 unspecified atom stereocenters. The largest absolute Gasteiger partial charge is 0.381 e. The van der Waals surface area contributed by atoms with Gasteiger partial charge in [0, 0.05) is 31.7 Å². The maximum atomic E-state index is 12.6. The van der Waals surface area contributed by atoms with Gasteiger partial charge in [0.25, 0.3) is 0 Å². The number of carbonyl (C=O) groups excluding carboxylic acids is 1. The molecular formula is C20H25N3O3. The second-order valence-corrected chi connectivity index (χ2v) is 7.38. The van der Waals surface area contributed by atoms with Crippen molar-refractivity contribution in [1.82, 2.24) is 15.0 Å². The predicted octanol–water partition coefficient (Wildman–Crippen LogP) is 2.86. The zero-order valence-electron chi connectivity index (χ0n) is 15.2. The van der Waals surface area contributed by atoms with Crippen molar-refractivity contribution in [3.63, 3.8) is 0 Å². The number of hydrogen-bond donors (Lipinski definition) is 0. The van der Waals surface area contributed by atoms with Crippen molar-refractivity contribution in [2.75, 3.05) is 26.3 Å². The fourth-order valence-electron chi connectivity index (χ4n) is 3.94. The van der Waals surface area contributed by atoms with Crippen LogP contribution in [0, 0.1) is 18.8 Å². The van der Waals surface area contributed by atoms with Gasteiger partial charge in [0.05, 0.1) is 12.5 Å². The summed E-state index contributed by atoms with van der Waals surface area (Å²) in [5.41, 5.74) is 2.14. The van der Waals surface area contributed by atoms with Crippen LogP contribution >= 0.6 is 0 Å². The van der Waals surface area contributed by atoms with Crippen LogP contribution in [0.5, 0.6) is 0 Å². The highest BCUT2D eigenvalue weighted by Gasteiger charge is 2.31. The number of benzene rings is 1. The van der Waals surface area contributed by atoms with Crippen molar-refractivity contribution < 1.29 is 14.1 Å². The number of hydrogen-bond acceptors (Lipinski definition) is 5. The van der Waals surface area contributed by atoms with Gasteiger partial charge in [-0.15, -0.1) is 0 Å². The Morgan fingerprint density at radius 3 is 3.00 bits per heavy atom. The maximum absolute atomic E-state index is 12.6. The van der Waals surface area contributed by atoms with Gasteiger partial charge < -0.3 is 14.2 Å². The molecule has 0 saturated carbocycles. The van der Waals surface area contributed by atoms with Crippen LogP contribution in [-0.2, 0) is 16.0 Å². The van der Waals surface area contributed by atoms with Crippen LogP contribution in [0.1, 0.15) is 30.7 Å². The summed E-state index contributed by atoms with van der Waals surface area (Å²) in [7, 11) is 0. The van der Waals surface area contributed by atoms with Gasteiger partial charge in [-0.3, -0.25) is 4.79 Å². The first-order chi connectivity index (χ1) is 12.7. The SMILES string of the molecule is Cc1ccccc1-c1noc(C[C@H]2CCCN(C(=O)[C@@H]3CCOC3)C2)n1. The van der Waals surface area contributed by atoms with Gasteiger partial charge in [-0.05, 0) is 37.7 Å². The Labute approximate surface area is 153 Å². The lowest BCUT2D eigenvalue weighted by Gasteiger charge is -2.33. The zero-order valence-corrected chi connectivity index (χ0v) is 15.2. The number of aromatic nitrogens is 2. The average molecular weight is 355 g/mol. The quantitative estimate of drug-likeness (QED) is 0.843. The number of piperidine rings is 1. The van der Waals surface area contributed by atoms with E-state index in [1.807, 2.05) is 36.1 Å². The Balaban J connectivity index is 1.39. The molecule has 2 saturated heterocycles. The molecule has 0 spiro atoms. The number of likely N-dealkylation sites (tertiary alicyclic amines) is 1. The second-order valence-electron chi connectivity index (χ2n) is 7.38. The molecule has 1 aromatic carbocycles. The van der Waals surface area contributed by atoms with Crippen LogP contribution < -0.4 is 0 Å². The van der Waals surface area contributed by atoms with Crippen molar-refractivity contribution in [2.24, 2.45) is 11.8 Å². The molecular weight excluding hydrogens is 330 g/mol. The number of aryl methyl sites for hydroxylation is 1. The molecule has 0 radical (unpaired) electrons. The Bertz CT molecular complexity index is 767. The minimum Gasteiger partial charge on any atom is -0.381 e. The third-order valence-electron chi connectivity index (χ3n) is 5.43. The number of rotatable bonds is 4. The monoisotopic (exact) mass is 355 g/mol. The molecule has 6 nitrogen and oxygen atoms in total. The van der Waals surface area contributed by atoms with E-state index in [0.29, 0.717) is 30.8 Å². The molecule has 0 aliphatic carbocycles. The normalized spacial score (nSPS) is 23.3. The number of nitrogens with zero attached hydrogens (tertiary/aromatic N) is 3. The molecule has 2 aliphatic heterocycles. The third kappa shape index (κ3) is 3.65. The highest BCUT2D eigenvalue weighted by molar-refractivity contribution is 5.79. The predicted molar refractivity (Wildman–Crippen MR) is 96.4 cm³/mol. The molecule has 6 heteroatoms. The molecule has 2 fully saturated rings. The first-order valence-electron chi connectivity index (χ1n) is 9.46. The first-order valence-corrected chi connectivity index (χ1v) is 9.46. The minimum atomic E-state index is 0.0461. The van der Waals surface area contributed by atoms with E-state index in [1.165, 1.54) is 0 Å². The number of amides is 1. The molecule has 1 amide bonds. The van der Waals surface area contributed by atoms with Crippen molar-refractivity contribution in [3.8, 4) is 11.4 Å². The molecule has 4 rings (SSSR count). The average Bonchev–Trinajstić information content (AvgIpc) is 3.34. The van der Waals surface area contributed by atoms with Gasteiger partial charge in [0.1, 0.15) is 0 Å². The van der Waals surface area contributed by atoms with Crippen LogP contribution in [0.4, 0.5) is 0 Å². The van der Waals surface area contributed by atoms with Crippen LogP contribution in [-0.4, -0.2) is 47.3 Å². The molecule has 3 heterocycles. The number of carbonyl (C=O) groups is 1. The minimum absolute atomic E-state index is 0.0461. The summed E-state index contributed by atoms with van der Waals surface area (Å²) in [6.45, 7) is 4.95. The molecule has 138 valence electrons. The highest BCUT2D eigenvalue weighted by atomic mass is 16.5. The summed E-state index contributed by atoms with van der Waals surface area (Å²) in [4.78, 5) is 19.2. The zero-order chi connectivity index (χ0) is 17.9. The molecule has 26 heavy (non-hydrogen) atoms. The van der Waals surface area contributed by atoms with Crippen molar-refractivity contribution >= 4 is 5.91 Å². The Kier molecular flexibility index (Phi) is 5.02. The van der Waals surface area contributed by atoms with Crippen molar-refractivity contribution in [2.45, 2.75) is 32.6 Å². The van der Waals surface area contributed by atoms with Crippen LogP contribution in [0.3, 0.4) is 0 Å². The summed E-state index contributed by atoms with van der Waals surface area (Å²) in [6.07, 6.45) is 3.70. The van der Waals surface area contributed by atoms with Gasteiger partial charge >= 0.3 is 0 Å². The second kappa shape index (κ2) is 7.58. The van der Waals surface area contributed by atoms with Crippen LogP contribution in [0.15, 0.2) is 28.8 Å². The van der Waals surface area contributed by atoms with Gasteiger partial charge in [-0.1, -0.05) is 29.4 Å². The van der Waals surface area contributed by atoms with Gasteiger partial charge in [0.2, 0.25) is 17.6 Å². The lowest BCUT2D eigenvalue weighted by Crippen LogP contribution is -2.43. The molecule has 2 aromatic rings. The standard InChI is InChI=1S/C20H25N3O3/c1-14-5-2-3-7-17(14)19-21-18(26-22-19)11-15-6-4-9-23(12-15)20(24)16-8-10-25-13-16/h2-3,5,7,15-16H,4,6,8-13H2,1H3/t15-,16-/m1/s1. The number of ether oxygens (including phenoxy) is 1. The van der Waals surface area contributed by atoms with E-state index in [0.717, 1.165) is 49.9 Å². The molecule has 2 aliphatic rings. The van der Waals surface area contributed by atoms with E-state index in [4.69, 9.17) is 9.26 Å². The molecule has 1 aromatic heterocycles. The Morgan fingerprint density at radius 1 is 1.31 bits per heavy atom. The molecule has 0 bridgehead atoms. The van der Waals surface area contributed by atoms with Gasteiger partial charge in [0.15, 0.2) is 0 Å². The third-order valence-corrected chi connectivity index (χ3v) is 5.43. The smallest absolute Gasteiger partial charge is 0.228 e. The molecule has 0 N–H and O–H groups in total. The highest BCUT2D eigenvalue weighted by Crippen LogP contribution is 2.25. The van der Waals surface area contributed by atoms with E-state index in [-0.39, 0.29) is 11.8 Å². The van der Waals surface area contributed by atoms with E-state index < -0.39 is 0 Å². The van der Waals surface area contributed by atoms with E-state index in [9.17, 15) is 4.79 Å². The maximum Gasteiger partial charge on any atom is 0.228 e. The van der Waals surface area contributed by atoms with E-state index >= 15 is 0 Å². The summed E-state index contributed by atoms with van der Waals surface area (Å²) >= 11 is 0. The van der Waals surface area contributed by atoms with Crippen molar-refractivity contribution in [1.29, 1.82) is 0 Å². The fourth-order valence-corrected chi connectivity index (χ4v) is 3.94. The summed E-state index contributed by atoms with van der Waals surface area (Å²) in [5.74, 6) is 1.97. The summed E-state index contributed by atoms with van der Waals surface area (Å²) in [6, 6.07) is 8.04. The van der Waals surface area contributed by atoms with Crippen molar-refractivity contribution in [3.05, 3.63) is 35.7 Å². The summed E-state index contributed by atoms with van der Waals surface area (Å²) < 4.78 is 10.9. The van der Waals surface area contributed by atoms with E-state index in [1.54, 1.807) is 0 Å². The van der Waals surface area contributed by atoms with Crippen LogP contribution in [0.2, 0.25) is 0 Å². The van der Waals surface area contributed by atoms with Crippen LogP contribution in [0.25, 0.3) is 11.4 Å². The lowest BCUT2D eigenvalue weighted by molar-refractivity contribution is -0.137. The molecule has 2 atom stereocenters. The summed E-state index contributed by atoms with van der Waals surface area (Å²) in [5, 5.41) is 4.15. The van der Waals surface area contributed by atoms with Gasteiger partial charge in [-0.25, -0.2) is 0 Å². The lowest BCUT2D eigenvalue weighted by atomic mass is 9.93. The fraction of sp³-hybridized carbons (Fsp3) is 0.550. The van der Waals surface area contributed by atoms with E-state index in [2.05, 4.69) is 10.1 Å². The van der Waals surface area contributed by atoms with Gasteiger partial charge in [-0.2, -0.15) is 4.98 Å². The Hall–Kier alpha value is -2.21. The topological polar surface area (TPSA) is 68.5 Å².